The molecular formula is C25H33N5O6S. The molecule has 3 rings (SSSR count). The summed E-state index contributed by atoms with van der Waals surface area (Å²) in [4.78, 5) is 58.9. The van der Waals surface area contributed by atoms with Crippen molar-refractivity contribution in [2.24, 2.45) is 15.7 Å². The first-order valence-electron chi connectivity index (χ1n) is 12.1. The fraction of sp³-hybridized carbons (Fsp3) is 0.520. The number of benzene rings is 1. The molecule has 2 atom stereocenters. The summed E-state index contributed by atoms with van der Waals surface area (Å²) in [7, 11) is 2.65. The van der Waals surface area contributed by atoms with Gasteiger partial charge in [0, 0.05) is 42.7 Å². The van der Waals surface area contributed by atoms with E-state index < -0.39 is 17.1 Å². The topological polar surface area (TPSA) is 153 Å². The van der Waals surface area contributed by atoms with Crippen LogP contribution in [-0.4, -0.2) is 84.3 Å². The molecule has 0 radical (unpaired) electrons. The van der Waals surface area contributed by atoms with Gasteiger partial charge in [-0.25, -0.2) is 0 Å². The molecule has 1 aromatic rings. The average Bonchev–Trinajstić information content (AvgIpc) is 3.68. The number of amidine groups is 2. The molecule has 2 amide bonds. The largest absolute Gasteiger partial charge is 0.469 e. The summed E-state index contributed by atoms with van der Waals surface area (Å²) < 4.78 is 9.20. The molecule has 3 N–H and O–H groups in total. The first-order valence-corrected chi connectivity index (χ1v) is 13.0. The van der Waals surface area contributed by atoms with Gasteiger partial charge in [-0.2, -0.15) is 4.99 Å². The van der Waals surface area contributed by atoms with E-state index in [4.69, 9.17) is 5.73 Å². The van der Waals surface area contributed by atoms with Gasteiger partial charge in [0.2, 0.25) is 5.91 Å². The number of nitrogens with two attached hydrogens (primary N) is 1. The van der Waals surface area contributed by atoms with E-state index in [-0.39, 0.29) is 43.3 Å². The number of nitrogens with zero attached hydrogens (tertiary/aromatic N) is 3. The Bertz CT molecular complexity index is 1070. The molecule has 2 fully saturated rings. The summed E-state index contributed by atoms with van der Waals surface area (Å²) in [5.41, 5.74) is 7.08. The SMILES string of the molecule is COC(=O)CCCN=C(N)c1ccc(C(=O)N=C2SC(C(=O)NCCC(=O)OC)C(C)N2C2CC2)cc1. The number of hydrogen-bond donors (Lipinski definition) is 2. The van der Waals surface area contributed by atoms with Crippen molar-refractivity contribution in [2.45, 2.75) is 56.4 Å². The third-order valence-electron chi connectivity index (χ3n) is 6.06. The molecule has 11 nitrogen and oxygen atoms in total. The number of amides is 2. The lowest BCUT2D eigenvalue weighted by Gasteiger charge is -2.24. The van der Waals surface area contributed by atoms with Crippen LogP contribution in [0.4, 0.5) is 0 Å². The van der Waals surface area contributed by atoms with Crippen LogP contribution < -0.4 is 11.1 Å². The van der Waals surface area contributed by atoms with Crippen LogP contribution in [-0.2, 0) is 23.9 Å². The Morgan fingerprint density at radius 2 is 1.68 bits per heavy atom. The van der Waals surface area contributed by atoms with Gasteiger partial charge in [0.05, 0.1) is 20.6 Å². The van der Waals surface area contributed by atoms with Crippen LogP contribution in [0.1, 0.15) is 54.9 Å². The molecule has 37 heavy (non-hydrogen) atoms. The zero-order valence-corrected chi connectivity index (χ0v) is 22.1. The summed E-state index contributed by atoms with van der Waals surface area (Å²) in [5.74, 6) is -0.977. The van der Waals surface area contributed by atoms with Gasteiger partial charge in [-0.05, 0) is 38.3 Å². The van der Waals surface area contributed by atoms with Gasteiger partial charge in [-0.3, -0.25) is 24.2 Å². The van der Waals surface area contributed by atoms with Crippen molar-refractivity contribution < 1.29 is 28.7 Å². The highest BCUT2D eigenvalue weighted by atomic mass is 32.2. The first-order chi connectivity index (χ1) is 17.7. The quantitative estimate of drug-likeness (QED) is 0.187. The minimum Gasteiger partial charge on any atom is -0.469 e. The number of aliphatic imine (C=N–C) groups is 2. The average molecular weight is 532 g/mol. The van der Waals surface area contributed by atoms with Crippen molar-refractivity contribution in [1.29, 1.82) is 0 Å². The number of ether oxygens (including phenoxy) is 2. The Balaban J connectivity index is 1.63. The van der Waals surface area contributed by atoms with E-state index in [1.807, 2.05) is 6.92 Å². The summed E-state index contributed by atoms with van der Waals surface area (Å²) in [6.07, 6.45) is 2.87. The van der Waals surface area contributed by atoms with E-state index in [0.717, 1.165) is 12.8 Å². The van der Waals surface area contributed by atoms with Gasteiger partial charge in [-0.1, -0.05) is 23.9 Å². The van der Waals surface area contributed by atoms with E-state index in [1.165, 1.54) is 26.0 Å². The van der Waals surface area contributed by atoms with Crippen molar-refractivity contribution in [3.8, 4) is 0 Å². The number of carbonyl (C=O) groups excluding carboxylic acids is 4. The van der Waals surface area contributed by atoms with E-state index >= 15 is 0 Å². The van der Waals surface area contributed by atoms with Crippen molar-refractivity contribution in [3.63, 3.8) is 0 Å². The Morgan fingerprint density at radius 1 is 1.05 bits per heavy atom. The summed E-state index contributed by atoms with van der Waals surface area (Å²) >= 11 is 1.27. The third-order valence-corrected chi connectivity index (χ3v) is 7.43. The van der Waals surface area contributed by atoms with E-state index in [9.17, 15) is 19.2 Å². The summed E-state index contributed by atoms with van der Waals surface area (Å²) in [6, 6.07) is 6.81. The Hall–Kier alpha value is -3.41. The molecular weight excluding hydrogens is 498 g/mol. The molecule has 1 aromatic carbocycles. The van der Waals surface area contributed by atoms with Gasteiger partial charge in [-0.15, -0.1) is 0 Å². The van der Waals surface area contributed by atoms with Crippen LogP contribution in [0.3, 0.4) is 0 Å². The standard InChI is InChI=1S/C25H33N5O6S/c1-15-21(24(34)28-14-12-20(32)36-3)37-25(30(15)18-10-11-18)29-23(33)17-8-6-16(7-9-17)22(26)27-13-4-5-19(31)35-2/h6-9,15,18,21H,4-5,10-14H2,1-3H3,(H2,26,27)(H,28,34). The second kappa shape index (κ2) is 13.2. The van der Waals surface area contributed by atoms with Crippen LogP contribution in [0.5, 0.6) is 0 Å². The van der Waals surface area contributed by atoms with Gasteiger partial charge < -0.3 is 25.4 Å². The second-order valence-electron chi connectivity index (χ2n) is 8.76. The van der Waals surface area contributed by atoms with Crippen molar-refractivity contribution in [1.82, 2.24) is 10.2 Å². The van der Waals surface area contributed by atoms with Gasteiger partial charge in [0.25, 0.3) is 5.91 Å². The fourth-order valence-corrected chi connectivity index (χ4v) is 5.15. The maximum absolute atomic E-state index is 13.0. The number of rotatable bonds is 11. The van der Waals surface area contributed by atoms with E-state index in [2.05, 4.69) is 29.7 Å². The maximum Gasteiger partial charge on any atom is 0.307 e. The molecule has 0 spiro atoms. The number of esters is 2. The Labute approximate surface area is 220 Å². The van der Waals surface area contributed by atoms with Crippen molar-refractivity contribution >= 4 is 46.5 Å². The molecule has 1 saturated carbocycles. The normalized spacial score (nSPS) is 20.6. The molecule has 200 valence electrons. The fourth-order valence-electron chi connectivity index (χ4n) is 3.83. The van der Waals surface area contributed by atoms with E-state index in [1.54, 1.807) is 24.3 Å². The van der Waals surface area contributed by atoms with Crippen LogP contribution in [0.15, 0.2) is 34.3 Å². The summed E-state index contributed by atoms with van der Waals surface area (Å²) in [5, 5.41) is 2.87. The van der Waals surface area contributed by atoms with Crippen molar-refractivity contribution in [2.75, 3.05) is 27.3 Å². The molecule has 2 aliphatic rings. The van der Waals surface area contributed by atoms with Crippen LogP contribution in [0.2, 0.25) is 0 Å². The molecule has 0 bridgehead atoms. The number of carbonyl (C=O) groups is 4. The predicted molar refractivity (Wildman–Crippen MR) is 140 cm³/mol. The number of hydrogen-bond acceptors (Lipinski definition) is 8. The molecule has 1 aliphatic heterocycles. The van der Waals surface area contributed by atoms with Crippen LogP contribution >= 0.6 is 11.8 Å². The first kappa shape index (κ1) is 28.2. The van der Waals surface area contributed by atoms with Gasteiger partial charge >= 0.3 is 11.9 Å². The van der Waals surface area contributed by atoms with Crippen molar-refractivity contribution in [3.05, 3.63) is 35.4 Å². The maximum atomic E-state index is 13.0. The highest BCUT2D eigenvalue weighted by Crippen LogP contribution is 2.40. The molecule has 1 heterocycles. The zero-order valence-electron chi connectivity index (χ0n) is 21.3. The lowest BCUT2D eigenvalue weighted by atomic mass is 10.1. The number of thioether (sulfide) groups is 1. The lowest BCUT2D eigenvalue weighted by molar-refractivity contribution is -0.141. The van der Waals surface area contributed by atoms with Crippen LogP contribution in [0.25, 0.3) is 0 Å². The van der Waals surface area contributed by atoms with Crippen LogP contribution in [0, 0.1) is 0 Å². The molecule has 1 aliphatic carbocycles. The monoisotopic (exact) mass is 531 g/mol. The third kappa shape index (κ3) is 7.78. The minimum atomic E-state index is -0.442. The minimum absolute atomic E-state index is 0.0957. The second-order valence-corrected chi connectivity index (χ2v) is 9.87. The van der Waals surface area contributed by atoms with Gasteiger partial charge in [0.1, 0.15) is 11.1 Å². The molecule has 0 aromatic heterocycles. The van der Waals surface area contributed by atoms with E-state index in [0.29, 0.717) is 35.1 Å². The molecule has 1 saturated heterocycles. The smallest absolute Gasteiger partial charge is 0.307 e. The highest BCUT2D eigenvalue weighted by Gasteiger charge is 2.46. The number of nitrogens with one attached hydrogen (secondary N) is 1. The predicted octanol–water partition coefficient (Wildman–Crippen LogP) is 1.49. The lowest BCUT2D eigenvalue weighted by Crippen LogP contribution is -2.43. The Kier molecular flexibility index (Phi) is 10.1. The highest BCUT2D eigenvalue weighted by molar-refractivity contribution is 8.15. The summed E-state index contributed by atoms with van der Waals surface area (Å²) in [6.45, 7) is 2.53. The molecule has 2 unspecified atom stereocenters. The molecule has 12 heteroatoms. The van der Waals surface area contributed by atoms with Gasteiger partial charge in [0.15, 0.2) is 5.17 Å². The zero-order chi connectivity index (χ0) is 26.9. The number of methoxy groups -OCH3 is 2. The Morgan fingerprint density at radius 3 is 2.30 bits per heavy atom.